The maximum absolute atomic E-state index is 13.5. The Morgan fingerprint density at radius 2 is 0.912 bits per heavy atom. The van der Waals surface area contributed by atoms with Crippen molar-refractivity contribution in [2.24, 2.45) is 0 Å². The number of benzene rings is 4. The Balaban J connectivity index is 1.66. The number of carbonyl (C=O) groups is 2. The Morgan fingerprint density at radius 3 is 1.29 bits per heavy atom. The lowest BCUT2D eigenvalue weighted by Gasteiger charge is -2.24. The van der Waals surface area contributed by atoms with Crippen molar-refractivity contribution in [2.45, 2.75) is 0 Å². The highest BCUT2D eigenvalue weighted by Gasteiger charge is 2.40. The van der Waals surface area contributed by atoms with Crippen molar-refractivity contribution in [2.75, 3.05) is 11.5 Å². The number of fused-ring (bicyclic) bond motifs is 2. The van der Waals surface area contributed by atoms with Gasteiger partial charge in [-0.15, -0.1) is 0 Å². The molecule has 0 aromatic heterocycles. The zero-order valence-electron chi connectivity index (χ0n) is 17.6. The molecule has 0 saturated heterocycles. The number of rotatable bonds is 4. The van der Waals surface area contributed by atoms with Gasteiger partial charge >= 0.3 is 0 Å². The molecule has 0 amide bonds. The summed E-state index contributed by atoms with van der Waals surface area (Å²) in [4.78, 5) is 26.8. The minimum Gasteiger partial charge on any atom is -0.504 e. The van der Waals surface area contributed by atoms with E-state index in [1.807, 2.05) is 0 Å². The van der Waals surface area contributed by atoms with Gasteiger partial charge in [0.2, 0.25) is 5.78 Å². The molecule has 6 N–H and O–H groups in total. The summed E-state index contributed by atoms with van der Waals surface area (Å²) >= 11 is 0. The van der Waals surface area contributed by atoms with Crippen molar-refractivity contribution >= 4 is 22.9 Å². The smallest absolute Gasteiger partial charge is 0.202 e. The fraction of sp³-hybridized carbons (Fsp3) is 0. The van der Waals surface area contributed by atoms with Crippen molar-refractivity contribution in [3.05, 3.63) is 95.1 Å². The monoisotopic (exact) mass is 454 g/mol. The molecule has 4 aromatic carbocycles. The predicted molar refractivity (Wildman–Crippen MR) is 125 cm³/mol. The summed E-state index contributed by atoms with van der Waals surface area (Å²) < 4.78 is 11.4. The topological polar surface area (TPSA) is 145 Å². The van der Waals surface area contributed by atoms with E-state index >= 15 is 0 Å². The molecule has 0 bridgehead atoms. The van der Waals surface area contributed by atoms with E-state index in [1.165, 1.54) is 12.1 Å². The van der Waals surface area contributed by atoms with Gasteiger partial charge in [0.15, 0.2) is 28.8 Å². The molecular formula is C26H18N2O6. The fourth-order valence-corrected chi connectivity index (χ4v) is 3.90. The molecule has 0 aliphatic heterocycles. The number of phenols is 2. The third kappa shape index (κ3) is 3.25. The Morgan fingerprint density at radius 1 is 0.559 bits per heavy atom. The predicted octanol–water partition coefficient (Wildman–Crippen LogP) is 4.62. The Bertz CT molecular complexity index is 1360. The molecule has 0 atom stereocenters. The summed E-state index contributed by atoms with van der Waals surface area (Å²) in [6.45, 7) is 0. The highest BCUT2D eigenvalue weighted by atomic mass is 16.5. The number of anilines is 2. The first-order chi connectivity index (χ1) is 16.4. The number of hydrogen-bond acceptors (Lipinski definition) is 8. The summed E-state index contributed by atoms with van der Waals surface area (Å²) in [6.07, 6.45) is 0. The van der Waals surface area contributed by atoms with Crippen LogP contribution in [0.1, 0.15) is 31.8 Å². The standard InChI is InChI=1S/C26H18N2O6/c27-15-11-17(33-13-7-3-1-4-8-13)23(29)21-19(15)25(31)20-16(28)12-18(24(30)22(20)26(21)32)34-14-9-5-2-6-10-14/h1-12,29-30H,27-28H2. The van der Waals surface area contributed by atoms with Gasteiger partial charge in [-0.1, -0.05) is 36.4 Å². The summed E-state index contributed by atoms with van der Waals surface area (Å²) in [7, 11) is 0. The van der Waals surface area contributed by atoms with Gasteiger partial charge in [0.25, 0.3) is 0 Å². The molecule has 0 radical (unpaired) electrons. The van der Waals surface area contributed by atoms with Crippen molar-refractivity contribution in [3.63, 3.8) is 0 Å². The van der Waals surface area contributed by atoms with Crippen molar-refractivity contribution in [1.29, 1.82) is 0 Å². The van der Waals surface area contributed by atoms with Crippen molar-refractivity contribution < 1.29 is 29.3 Å². The van der Waals surface area contributed by atoms with Crippen molar-refractivity contribution in [3.8, 4) is 34.5 Å². The van der Waals surface area contributed by atoms with Crippen LogP contribution in [0.5, 0.6) is 34.5 Å². The van der Waals surface area contributed by atoms with Crippen LogP contribution >= 0.6 is 0 Å². The summed E-state index contributed by atoms with van der Waals surface area (Å²) in [5.74, 6) is -2.16. The summed E-state index contributed by atoms with van der Waals surface area (Å²) in [6, 6.07) is 19.6. The number of ketones is 2. The highest BCUT2D eigenvalue weighted by molar-refractivity contribution is 6.33. The molecule has 8 nitrogen and oxygen atoms in total. The maximum Gasteiger partial charge on any atom is 0.202 e. The van der Waals surface area contributed by atoms with Crippen LogP contribution in [0.2, 0.25) is 0 Å². The lowest BCUT2D eigenvalue weighted by molar-refractivity contribution is 0.0974. The Hall–Kier alpha value is -4.98. The van der Waals surface area contributed by atoms with Crippen LogP contribution in [0.3, 0.4) is 0 Å². The molecule has 34 heavy (non-hydrogen) atoms. The van der Waals surface area contributed by atoms with Gasteiger partial charge in [-0.3, -0.25) is 9.59 Å². The number of nitrogens with two attached hydrogens (primary N) is 2. The molecule has 0 spiro atoms. The molecule has 0 fully saturated rings. The van der Waals surface area contributed by atoms with E-state index in [1.54, 1.807) is 60.7 Å². The average molecular weight is 454 g/mol. The first-order valence-electron chi connectivity index (χ1n) is 10.2. The van der Waals surface area contributed by atoms with Crippen LogP contribution in [0, 0.1) is 0 Å². The maximum atomic E-state index is 13.5. The van der Waals surface area contributed by atoms with E-state index in [0.29, 0.717) is 11.5 Å². The van der Waals surface area contributed by atoms with E-state index in [-0.39, 0.29) is 45.1 Å². The lowest BCUT2D eigenvalue weighted by atomic mass is 9.81. The van der Waals surface area contributed by atoms with E-state index < -0.39 is 23.1 Å². The van der Waals surface area contributed by atoms with Gasteiger partial charge in [-0.25, -0.2) is 0 Å². The molecule has 8 heteroatoms. The van der Waals surface area contributed by atoms with Gasteiger partial charge in [0.05, 0.1) is 22.3 Å². The molecule has 1 aliphatic carbocycles. The van der Waals surface area contributed by atoms with E-state index in [4.69, 9.17) is 20.9 Å². The fourth-order valence-electron chi connectivity index (χ4n) is 3.90. The summed E-state index contributed by atoms with van der Waals surface area (Å²) in [5, 5.41) is 21.8. The minimum absolute atomic E-state index is 0.0776. The zero-order valence-corrected chi connectivity index (χ0v) is 17.6. The highest BCUT2D eigenvalue weighted by Crippen LogP contribution is 2.48. The molecule has 4 aromatic rings. The molecular weight excluding hydrogens is 436 g/mol. The SMILES string of the molecule is Nc1cc(Oc2ccccc2)c(O)c2c1C(=O)c1c(N)cc(Oc3ccccc3)c(O)c1C2=O. The van der Waals surface area contributed by atoms with E-state index in [0.717, 1.165) is 0 Å². The number of carbonyl (C=O) groups excluding carboxylic acids is 2. The number of ether oxygens (including phenoxy) is 2. The molecule has 0 saturated carbocycles. The normalized spacial score (nSPS) is 12.1. The van der Waals surface area contributed by atoms with E-state index in [9.17, 15) is 19.8 Å². The van der Waals surface area contributed by atoms with Gasteiger partial charge < -0.3 is 31.2 Å². The second-order valence-corrected chi connectivity index (χ2v) is 7.61. The van der Waals surface area contributed by atoms with Gasteiger partial charge in [0, 0.05) is 23.5 Å². The van der Waals surface area contributed by atoms with Crippen molar-refractivity contribution in [1.82, 2.24) is 0 Å². The second-order valence-electron chi connectivity index (χ2n) is 7.61. The van der Waals surface area contributed by atoms with Gasteiger partial charge in [-0.05, 0) is 24.3 Å². The van der Waals surface area contributed by atoms with Crippen LogP contribution in [0.15, 0.2) is 72.8 Å². The molecule has 0 unspecified atom stereocenters. The third-order valence-electron chi connectivity index (χ3n) is 5.44. The number of aromatic hydroxyl groups is 2. The number of nitrogen functional groups attached to an aromatic ring is 2. The number of para-hydroxylation sites is 2. The molecule has 0 heterocycles. The third-order valence-corrected chi connectivity index (χ3v) is 5.44. The molecule has 1 aliphatic rings. The number of phenolic OH excluding ortho intramolecular Hbond substituents is 2. The van der Waals surface area contributed by atoms with Crippen LogP contribution < -0.4 is 20.9 Å². The van der Waals surface area contributed by atoms with Crippen LogP contribution in [0.25, 0.3) is 0 Å². The van der Waals surface area contributed by atoms with Gasteiger partial charge in [0.1, 0.15) is 11.5 Å². The Labute approximate surface area is 193 Å². The quantitative estimate of drug-likeness (QED) is 0.227. The molecule has 5 rings (SSSR count). The minimum atomic E-state index is -0.838. The molecule has 168 valence electrons. The summed E-state index contributed by atoms with van der Waals surface area (Å²) in [5.41, 5.74) is 10.9. The van der Waals surface area contributed by atoms with Gasteiger partial charge in [-0.2, -0.15) is 0 Å². The lowest BCUT2D eigenvalue weighted by Crippen LogP contribution is -2.24. The number of hydrogen-bond donors (Lipinski definition) is 4. The van der Waals surface area contributed by atoms with Crippen LogP contribution in [0.4, 0.5) is 11.4 Å². The van der Waals surface area contributed by atoms with E-state index in [2.05, 4.69) is 0 Å². The van der Waals surface area contributed by atoms with Crippen LogP contribution in [-0.4, -0.2) is 21.8 Å². The first-order valence-corrected chi connectivity index (χ1v) is 10.2. The zero-order chi connectivity index (χ0) is 24.0. The van der Waals surface area contributed by atoms with Crippen LogP contribution in [-0.2, 0) is 0 Å². The largest absolute Gasteiger partial charge is 0.504 e. The Kier molecular flexibility index (Phi) is 4.83. The average Bonchev–Trinajstić information content (AvgIpc) is 2.83. The second kappa shape index (κ2) is 7.86. The first kappa shape index (κ1) is 20.9.